The van der Waals surface area contributed by atoms with E-state index < -0.39 is 0 Å². The first-order valence-electron chi connectivity index (χ1n) is 5.69. The first kappa shape index (κ1) is 10.6. The second kappa shape index (κ2) is 3.05. The molecule has 0 aromatic rings. The molecule has 2 unspecified atom stereocenters. The predicted octanol–water partition coefficient (Wildman–Crippen LogP) is 3.09. The number of aliphatic imine (C=N–C) groups is 1. The van der Waals surface area contributed by atoms with Gasteiger partial charge < -0.3 is 0 Å². The standard InChI is InChI=1S/C13H19NO/c1-12(2)9-5-6-10(11(12)7-9)13(3,4)14-8-15/h6,9,11H,5,7H2,1-4H3. The van der Waals surface area contributed by atoms with Gasteiger partial charge in [0, 0.05) is 0 Å². The second-order valence-corrected chi connectivity index (χ2v) is 5.96. The Morgan fingerprint density at radius 2 is 2.20 bits per heavy atom. The summed E-state index contributed by atoms with van der Waals surface area (Å²) >= 11 is 0. The molecule has 0 heterocycles. The van der Waals surface area contributed by atoms with E-state index in [9.17, 15) is 4.79 Å². The lowest BCUT2D eigenvalue weighted by atomic mass is 9.47. The Morgan fingerprint density at radius 1 is 1.53 bits per heavy atom. The number of nitrogens with zero attached hydrogens (tertiary/aromatic N) is 1. The number of allylic oxidation sites excluding steroid dienone is 1. The van der Waals surface area contributed by atoms with Crippen molar-refractivity contribution in [2.75, 3.05) is 0 Å². The molecule has 1 fully saturated rings. The number of hydrogen-bond acceptors (Lipinski definition) is 2. The summed E-state index contributed by atoms with van der Waals surface area (Å²) in [6.45, 7) is 8.69. The Balaban J connectivity index is 2.32. The molecule has 0 spiro atoms. The van der Waals surface area contributed by atoms with Crippen LogP contribution in [-0.4, -0.2) is 11.6 Å². The molecule has 2 bridgehead atoms. The van der Waals surface area contributed by atoms with E-state index in [-0.39, 0.29) is 5.54 Å². The van der Waals surface area contributed by atoms with Gasteiger partial charge in [-0.25, -0.2) is 4.79 Å². The van der Waals surface area contributed by atoms with E-state index in [1.54, 1.807) is 6.08 Å². The fourth-order valence-electron chi connectivity index (χ4n) is 3.21. The molecule has 2 nitrogen and oxygen atoms in total. The molecule has 0 aromatic carbocycles. The van der Waals surface area contributed by atoms with Crippen LogP contribution in [0.4, 0.5) is 0 Å². The van der Waals surface area contributed by atoms with Gasteiger partial charge in [-0.2, -0.15) is 4.99 Å². The zero-order chi connectivity index (χ0) is 11.3. The van der Waals surface area contributed by atoms with Crippen molar-refractivity contribution in [3.63, 3.8) is 0 Å². The molecule has 2 heteroatoms. The van der Waals surface area contributed by atoms with Gasteiger partial charge in [-0.3, -0.25) is 0 Å². The molecule has 0 N–H and O–H groups in total. The van der Waals surface area contributed by atoms with E-state index in [0.29, 0.717) is 11.3 Å². The maximum Gasteiger partial charge on any atom is 0.235 e. The quantitative estimate of drug-likeness (QED) is 0.387. The molecule has 0 aliphatic heterocycles. The SMILES string of the molecule is CC(C)(N=C=O)C1=CCC2CC1C2(C)C. The number of isocyanates is 1. The van der Waals surface area contributed by atoms with Gasteiger partial charge in [0.1, 0.15) is 0 Å². The van der Waals surface area contributed by atoms with Crippen LogP contribution in [0.3, 0.4) is 0 Å². The van der Waals surface area contributed by atoms with Crippen molar-refractivity contribution in [1.82, 2.24) is 0 Å². The third kappa shape index (κ3) is 1.39. The third-order valence-electron chi connectivity index (χ3n) is 4.50. The molecule has 3 aliphatic carbocycles. The van der Waals surface area contributed by atoms with Crippen LogP contribution in [-0.2, 0) is 4.79 Å². The molecule has 0 saturated heterocycles. The number of carbonyl (C=O) groups excluding carboxylic acids is 1. The van der Waals surface area contributed by atoms with Crippen molar-refractivity contribution in [3.8, 4) is 0 Å². The van der Waals surface area contributed by atoms with Crippen molar-refractivity contribution >= 4 is 6.08 Å². The van der Waals surface area contributed by atoms with Gasteiger partial charge in [-0.05, 0) is 49.5 Å². The smallest absolute Gasteiger partial charge is 0.211 e. The Morgan fingerprint density at radius 3 is 2.67 bits per heavy atom. The van der Waals surface area contributed by atoms with Crippen molar-refractivity contribution in [1.29, 1.82) is 0 Å². The maximum atomic E-state index is 10.4. The molecule has 2 atom stereocenters. The Labute approximate surface area is 91.5 Å². The lowest BCUT2D eigenvalue weighted by Crippen LogP contribution is -2.51. The fourth-order valence-corrected chi connectivity index (χ4v) is 3.21. The first-order valence-corrected chi connectivity index (χ1v) is 5.69. The van der Waals surface area contributed by atoms with Gasteiger partial charge in [0.05, 0.1) is 5.54 Å². The molecule has 3 rings (SSSR count). The van der Waals surface area contributed by atoms with Gasteiger partial charge in [0.25, 0.3) is 0 Å². The minimum absolute atomic E-state index is 0.352. The number of hydrogen-bond donors (Lipinski definition) is 0. The molecule has 0 aromatic heterocycles. The van der Waals surface area contributed by atoms with Crippen LogP contribution in [0.1, 0.15) is 40.5 Å². The fraction of sp³-hybridized carbons (Fsp3) is 0.769. The maximum absolute atomic E-state index is 10.4. The highest BCUT2D eigenvalue weighted by Gasteiger charge is 2.53. The lowest BCUT2D eigenvalue weighted by molar-refractivity contribution is -0.0132. The summed E-state index contributed by atoms with van der Waals surface area (Å²) < 4.78 is 0. The molecular weight excluding hydrogens is 186 g/mol. The second-order valence-electron chi connectivity index (χ2n) is 5.96. The molecular formula is C13H19NO. The van der Waals surface area contributed by atoms with Crippen LogP contribution in [0.15, 0.2) is 16.6 Å². The molecule has 82 valence electrons. The molecule has 1 saturated carbocycles. The molecule has 15 heavy (non-hydrogen) atoms. The molecule has 0 radical (unpaired) electrons. The summed E-state index contributed by atoms with van der Waals surface area (Å²) in [5, 5.41) is 0. The van der Waals surface area contributed by atoms with E-state index in [0.717, 1.165) is 12.3 Å². The lowest BCUT2D eigenvalue weighted by Gasteiger charge is -2.58. The zero-order valence-electron chi connectivity index (χ0n) is 10.0. The van der Waals surface area contributed by atoms with Crippen LogP contribution in [0.2, 0.25) is 0 Å². The van der Waals surface area contributed by atoms with Gasteiger partial charge in [0.2, 0.25) is 6.08 Å². The van der Waals surface area contributed by atoms with Gasteiger partial charge in [0.15, 0.2) is 0 Å². The Hall–Kier alpha value is -0.880. The minimum atomic E-state index is -0.352. The number of fused-ring (bicyclic) bond motifs is 1. The summed E-state index contributed by atoms with van der Waals surface area (Å²) in [6, 6.07) is 0. The molecule has 0 amide bonds. The van der Waals surface area contributed by atoms with E-state index in [1.165, 1.54) is 12.0 Å². The first-order chi connectivity index (χ1) is 6.89. The Bertz CT molecular complexity index is 359. The van der Waals surface area contributed by atoms with Crippen LogP contribution >= 0.6 is 0 Å². The van der Waals surface area contributed by atoms with E-state index in [2.05, 4.69) is 24.9 Å². The predicted molar refractivity (Wildman–Crippen MR) is 60.3 cm³/mol. The summed E-state index contributed by atoms with van der Waals surface area (Å²) in [4.78, 5) is 14.4. The summed E-state index contributed by atoms with van der Waals surface area (Å²) in [5.41, 5.74) is 1.40. The summed E-state index contributed by atoms with van der Waals surface area (Å²) in [7, 11) is 0. The summed E-state index contributed by atoms with van der Waals surface area (Å²) in [6.07, 6.45) is 6.43. The zero-order valence-corrected chi connectivity index (χ0v) is 10.0. The van der Waals surface area contributed by atoms with Crippen LogP contribution in [0.25, 0.3) is 0 Å². The van der Waals surface area contributed by atoms with Gasteiger partial charge in [-0.1, -0.05) is 19.9 Å². The van der Waals surface area contributed by atoms with E-state index in [1.807, 2.05) is 13.8 Å². The highest BCUT2D eigenvalue weighted by atomic mass is 16.1. The van der Waals surface area contributed by atoms with Crippen LogP contribution in [0, 0.1) is 17.3 Å². The van der Waals surface area contributed by atoms with Crippen molar-refractivity contribution < 1.29 is 4.79 Å². The van der Waals surface area contributed by atoms with E-state index in [4.69, 9.17) is 0 Å². The van der Waals surface area contributed by atoms with Crippen molar-refractivity contribution in [2.45, 2.75) is 46.1 Å². The van der Waals surface area contributed by atoms with Crippen LogP contribution in [0.5, 0.6) is 0 Å². The van der Waals surface area contributed by atoms with Crippen molar-refractivity contribution in [3.05, 3.63) is 11.6 Å². The highest BCUT2D eigenvalue weighted by molar-refractivity contribution is 5.40. The normalized spacial score (nSPS) is 32.4. The van der Waals surface area contributed by atoms with Gasteiger partial charge in [-0.15, -0.1) is 0 Å². The topological polar surface area (TPSA) is 29.4 Å². The van der Waals surface area contributed by atoms with E-state index >= 15 is 0 Å². The van der Waals surface area contributed by atoms with Crippen LogP contribution < -0.4 is 0 Å². The average molecular weight is 205 g/mol. The monoisotopic (exact) mass is 205 g/mol. The third-order valence-corrected chi connectivity index (χ3v) is 4.50. The van der Waals surface area contributed by atoms with Crippen molar-refractivity contribution in [2.24, 2.45) is 22.2 Å². The largest absolute Gasteiger partial charge is 0.235 e. The number of rotatable bonds is 2. The van der Waals surface area contributed by atoms with Gasteiger partial charge >= 0.3 is 0 Å². The Kier molecular flexibility index (Phi) is 2.16. The minimum Gasteiger partial charge on any atom is -0.211 e. The molecule has 3 aliphatic rings. The average Bonchev–Trinajstić information content (AvgIpc) is 2.17. The summed E-state index contributed by atoms with van der Waals surface area (Å²) in [5.74, 6) is 1.45. The highest BCUT2D eigenvalue weighted by Crippen LogP contribution is 2.61.